The molecular weight excluding hydrogens is 1740 g/mol. The molecule has 4 aliphatic heterocycles. The molecule has 0 unspecified atom stereocenters. The summed E-state index contributed by atoms with van der Waals surface area (Å²) in [4.78, 5) is 97.6. The number of fused-ring (bicyclic) bond motifs is 1. The Hall–Kier alpha value is -10.0. The Morgan fingerprint density at radius 3 is 1.62 bits per heavy atom. The van der Waals surface area contributed by atoms with Crippen LogP contribution in [0.15, 0.2) is 136 Å². The summed E-state index contributed by atoms with van der Waals surface area (Å²) in [6.45, 7) is 25.6. The molecule has 3 amide bonds. The van der Waals surface area contributed by atoms with Gasteiger partial charge in [-0.2, -0.15) is 44.6 Å². The number of nitrogens with two attached hydrogens (primary N) is 3. The van der Waals surface area contributed by atoms with Crippen molar-refractivity contribution in [2.75, 3.05) is 133 Å². The first kappa shape index (κ1) is 102. The van der Waals surface area contributed by atoms with Crippen molar-refractivity contribution in [3.05, 3.63) is 180 Å². The van der Waals surface area contributed by atoms with Crippen LogP contribution in [0.3, 0.4) is 0 Å². The Morgan fingerprint density at radius 1 is 0.640 bits per heavy atom. The largest absolute Gasteiger partial charge is 0.455 e. The monoisotopic (exact) mass is 1850 g/mol. The number of carbonyl (C=O) groups is 4. The zero-order valence-electron chi connectivity index (χ0n) is 70.4. The number of morpholine rings is 3. The number of hydrogen-bond donors (Lipinski definition) is 6. The quantitative estimate of drug-likeness (QED) is 0.0134. The number of benzene rings is 5. The summed E-state index contributed by atoms with van der Waals surface area (Å²) in [5.74, 6) is -2.53. The first-order valence-corrected chi connectivity index (χ1v) is 44.3. The number of halogens is 4. The van der Waals surface area contributed by atoms with Crippen LogP contribution in [-0.4, -0.2) is 229 Å². The highest BCUT2D eigenvalue weighted by Crippen LogP contribution is 2.45. The zero-order valence-corrected chi connectivity index (χ0v) is 74.9. The third-order valence-electron chi connectivity index (χ3n) is 21.0. The van der Waals surface area contributed by atoms with E-state index in [1.165, 1.54) is 54.2 Å². The lowest BCUT2D eigenvalue weighted by atomic mass is 9.72. The van der Waals surface area contributed by atoms with Gasteiger partial charge in [0.1, 0.15) is 34.3 Å². The van der Waals surface area contributed by atoms with Crippen LogP contribution in [0.4, 0.5) is 51.7 Å². The third kappa shape index (κ3) is 28.0. The van der Waals surface area contributed by atoms with Gasteiger partial charge >= 0.3 is 11.9 Å². The van der Waals surface area contributed by atoms with Crippen LogP contribution in [0.5, 0.6) is 11.5 Å². The number of sulfonamides is 2. The lowest BCUT2D eigenvalue weighted by Gasteiger charge is -2.39. The number of anilines is 3. The van der Waals surface area contributed by atoms with Gasteiger partial charge in [0.2, 0.25) is 43.6 Å². The van der Waals surface area contributed by atoms with Gasteiger partial charge in [-0.1, -0.05) is 67.0 Å². The number of Topliss-reactive ketones (excluding diaryl/α,β-unsaturated/α-hetero) is 1. The van der Waals surface area contributed by atoms with Gasteiger partial charge in [0.25, 0.3) is 11.4 Å². The molecule has 44 heteroatoms. The molecule has 0 radical (unpaired) electrons. The minimum absolute atomic E-state index is 0. The number of amides is 3. The van der Waals surface area contributed by atoms with Crippen molar-refractivity contribution < 1.29 is 95.7 Å². The molecule has 125 heavy (non-hydrogen) atoms. The van der Waals surface area contributed by atoms with Gasteiger partial charge in [-0.15, -0.1) is 0 Å². The van der Waals surface area contributed by atoms with E-state index in [0.717, 1.165) is 59.7 Å². The average Bonchev–Trinajstić information content (AvgIpc) is 0.894. The van der Waals surface area contributed by atoms with Crippen LogP contribution in [0.25, 0.3) is 16.6 Å². The molecule has 0 saturated carbocycles. The first-order valence-electron chi connectivity index (χ1n) is 39.5. The minimum Gasteiger partial charge on any atom is -0.455 e. The summed E-state index contributed by atoms with van der Waals surface area (Å²) in [6, 6.07) is 21.5. The summed E-state index contributed by atoms with van der Waals surface area (Å²) in [5, 5.41) is 50.0. The molecule has 35 nitrogen and oxygen atoms in total. The van der Waals surface area contributed by atoms with E-state index < -0.39 is 107 Å². The molecule has 4 saturated heterocycles. The number of ether oxygens (including phenoxy) is 4. The van der Waals surface area contributed by atoms with Gasteiger partial charge in [-0.25, -0.2) is 40.5 Å². The number of hydrogen-bond acceptors (Lipinski definition) is 26. The van der Waals surface area contributed by atoms with Gasteiger partial charge in [0.05, 0.1) is 84.9 Å². The zero-order chi connectivity index (χ0) is 90.4. The number of ketones is 1. The average molecular weight is 1850 g/mol. The van der Waals surface area contributed by atoms with Crippen molar-refractivity contribution in [3.8, 4) is 11.5 Å². The molecule has 0 bridgehead atoms. The van der Waals surface area contributed by atoms with Crippen molar-refractivity contribution in [1.82, 2.24) is 29.6 Å². The Bertz CT molecular complexity index is 5450. The fourth-order valence-corrected chi connectivity index (χ4v) is 16.7. The van der Waals surface area contributed by atoms with E-state index >= 15 is 0 Å². The number of nitrogens with zero attached hydrogens (tertiary/aromatic N) is 9. The van der Waals surface area contributed by atoms with Crippen LogP contribution in [0.1, 0.15) is 102 Å². The van der Waals surface area contributed by atoms with Crippen LogP contribution in [0.2, 0.25) is 0 Å². The number of carbonyl (C=O) groups excluding carboxylic acids is 4. The molecule has 5 aliphatic rings. The van der Waals surface area contributed by atoms with Crippen molar-refractivity contribution in [2.45, 2.75) is 121 Å². The molecule has 6 heterocycles. The second-order valence-electron chi connectivity index (χ2n) is 31.9. The number of aromatic amines is 1. The molecule has 0 spiro atoms. The molecular formula is C81H107F4N15O20S5. The van der Waals surface area contributed by atoms with Gasteiger partial charge in [-0.05, 0) is 121 Å². The van der Waals surface area contributed by atoms with Gasteiger partial charge in [0, 0.05) is 151 Å². The van der Waals surface area contributed by atoms with E-state index in [-0.39, 0.29) is 121 Å². The van der Waals surface area contributed by atoms with Crippen LogP contribution < -0.4 is 36.3 Å². The highest BCUT2D eigenvalue weighted by Gasteiger charge is 2.36. The predicted octanol–water partition coefficient (Wildman–Crippen LogP) is 10.3. The maximum absolute atomic E-state index is 14.1. The number of aryl methyl sites for hydroxylation is 1. The number of allylic oxidation sites excluding steroid dienone is 1. The lowest BCUT2D eigenvalue weighted by Crippen LogP contribution is -2.49. The van der Waals surface area contributed by atoms with Crippen molar-refractivity contribution in [1.29, 1.82) is 0 Å². The summed E-state index contributed by atoms with van der Waals surface area (Å²) in [7, 11) is -12.5. The molecule has 4 fully saturated rings. The minimum atomic E-state index is -4.43. The van der Waals surface area contributed by atoms with E-state index in [1.807, 2.05) is 52.5 Å². The second-order valence-corrected chi connectivity index (χ2v) is 37.0. The number of sulfone groups is 1. The second kappa shape index (κ2) is 43.9. The standard InChI is InChI=1S/C51H58F3N7O8S.C15H22N4O6S.C9H18N2O2.C6H5FN2O4S.2H2S/c1-32(2)49(63)60-20-21-68-39(30-60)28-56-44-11-8-40(25-45(44)61(64)65)70(66,67)31-46(62)42-10-7-37(24-47(42)69-38-23-34-13-15-55-48(34)57-27-38)59-18-16-58(17-19-59)29-35-12-14-50(4,5)26-43(35)41-9-6-36(22-33(41)3)51(52,53)54;1-10(2)15(20)18-5-6-25-11(9-18)8-17-13-4-3-12(26(16,23)24)7-14(13)19(21)22;1-7(2)9(12)11-3-4-13-8(5-10)6-11;7-5-2-1-4(14(8,12)13)3-6(5)9(10)11;;/h6-11,13,15,22-25,27,32,39,56H,12,14,16-21,26,28-31H2,1-5H3,(H,55,57);3-4,7,10-11,17H,5-6,8-9H2,1-2H3,(H2,16,23,24);7-8H,3-6,10H2,1-2H3;1-3H,(H2,8,12,13);2*1H2/t39-;11-;8-;;;/m111.../s1. The molecule has 7 aromatic rings. The topological polar surface area (TPSA) is 484 Å². The van der Waals surface area contributed by atoms with Gasteiger partial charge in [0.15, 0.2) is 15.6 Å². The smallest absolute Gasteiger partial charge is 0.416 e. The number of nitrogens with one attached hydrogen (secondary N) is 3. The summed E-state index contributed by atoms with van der Waals surface area (Å²) >= 11 is 0. The van der Waals surface area contributed by atoms with E-state index in [4.69, 9.17) is 35.0 Å². The molecule has 12 rings (SSSR count). The van der Waals surface area contributed by atoms with E-state index in [1.54, 1.807) is 47.2 Å². The Labute approximate surface area is 735 Å². The van der Waals surface area contributed by atoms with E-state index in [9.17, 15) is 92.3 Å². The number of primary sulfonamides is 2. The highest BCUT2D eigenvalue weighted by atomic mass is 32.2. The SMILES string of the molecule is CC(C)C(=O)N1CCO[C@H](CN)C1.CC(C)C(=O)N1CCO[C@H](CNc2ccc(S(N)(=O)=O)cc2[N+](=O)[O-])C1.Cc1cc(C(F)(F)F)ccc1C1=C(CN2CCN(c3ccc(C(=O)CS(=O)(=O)c4ccc(NC[C@@H]5CN(C(=O)C(C)C)CCO5)c([N+](=O)[O-])c4)c(Oc4cnc5[nH]ccc5c4)c3)CC2)CCC(C)(C)C1.NS(=O)(=O)c1ccc(F)c([N+](=O)[O-])c1.S.S. The molecule has 9 N–H and O–H groups in total. The van der Waals surface area contributed by atoms with E-state index in [0.29, 0.717) is 127 Å². The lowest BCUT2D eigenvalue weighted by molar-refractivity contribution is -0.387. The number of alkyl halides is 3. The van der Waals surface area contributed by atoms with E-state index in [2.05, 4.69) is 44.2 Å². The summed E-state index contributed by atoms with van der Waals surface area (Å²) in [5.41, 5.74) is 8.37. The van der Waals surface area contributed by atoms with Crippen LogP contribution in [0, 0.1) is 66.3 Å². The fourth-order valence-electron chi connectivity index (χ4n) is 14.4. The molecule has 2 aromatic heterocycles. The van der Waals surface area contributed by atoms with Crippen molar-refractivity contribution in [3.63, 3.8) is 0 Å². The number of rotatable bonds is 25. The number of piperazine rings is 1. The fraction of sp³-hybridized carbons (Fsp3) is 0.469. The molecule has 5 aromatic carbocycles. The summed E-state index contributed by atoms with van der Waals surface area (Å²) in [6.07, 6.45) is 0.622. The van der Waals surface area contributed by atoms with Gasteiger partial charge < -0.3 is 59.9 Å². The number of H-pyrrole nitrogens is 1. The predicted molar refractivity (Wildman–Crippen MR) is 471 cm³/mol. The van der Waals surface area contributed by atoms with Gasteiger partial charge in [-0.3, -0.25) is 54.4 Å². The number of nitro benzene ring substituents is 3. The summed E-state index contributed by atoms with van der Waals surface area (Å²) < 4.78 is 149. The third-order valence-corrected chi connectivity index (χ3v) is 24.4. The maximum Gasteiger partial charge on any atom is 0.416 e. The highest BCUT2D eigenvalue weighted by molar-refractivity contribution is 7.92. The number of pyridine rings is 1. The molecule has 684 valence electrons. The maximum atomic E-state index is 14.1. The van der Waals surface area contributed by atoms with Crippen LogP contribution >= 0.6 is 27.0 Å². The number of nitro groups is 3. The molecule has 1 aliphatic carbocycles. The Kier molecular flexibility index (Phi) is 35.9. The Balaban J connectivity index is 0.000000314. The number of aromatic nitrogens is 2. The normalized spacial score (nSPS) is 17.6. The Morgan fingerprint density at radius 2 is 1.13 bits per heavy atom. The van der Waals surface area contributed by atoms with Crippen molar-refractivity contribution >= 4 is 131 Å². The molecule has 3 atom stereocenters. The first-order chi connectivity index (χ1) is 57.7. The van der Waals surface area contributed by atoms with Crippen LogP contribution in [-0.2, 0) is 64.7 Å². The van der Waals surface area contributed by atoms with Crippen molar-refractivity contribution in [2.24, 2.45) is 39.2 Å².